The molecule has 0 aromatic heterocycles. The summed E-state index contributed by atoms with van der Waals surface area (Å²) in [6, 6.07) is 30.7. The summed E-state index contributed by atoms with van der Waals surface area (Å²) in [7, 11) is 0. The molecule has 0 bridgehead atoms. The minimum Gasteiger partial charge on any atom is -0.457 e. The highest BCUT2D eigenvalue weighted by Gasteiger charge is 2.38. The normalized spacial score (nSPS) is 16.5. The molecule has 0 atom stereocenters. The van der Waals surface area contributed by atoms with Gasteiger partial charge in [0, 0.05) is 22.0 Å². The van der Waals surface area contributed by atoms with E-state index in [9.17, 15) is 0 Å². The Balaban J connectivity index is 1.54. The highest BCUT2D eigenvalue weighted by atomic mass is 16.5. The van der Waals surface area contributed by atoms with Gasteiger partial charge in [0.25, 0.3) is 0 Å². The van der Waals surface area contributed by atoms with Crippen molar-refractivity contribution in [2.45, 2.75) is 38.5 Å². The predicted molar refractivity (Wildman–Crippen MR) is 128 cm³/mol. The summed E-state index contributed by atoms with van der Waals surface area (Å²) < 4.78 is 6.41. The Morgan fingerprint density at radius 2 is 1.16 bits per heavy atom. The monoisotopic (exact) mass is 402 g/mol. The van der Waals surface area contributed by atoms with Gasteiger partial charge in [0.2, 0.25) is 0 Å². The van der Waals surface area contributed by atoms with Crippen LogP contribution in [0.5, 0.6) is 11.5 Å². The van der Waals surface area contributed by atoms with Crippen LogP contribution in [-0.4, -0.2) is 0 Å². The van der Waals surface area contributed by atoms with Crippen molar-refractivity contribution in [3.05, 3.63) is 107 Å². The largest absolute Gasteiger partial charge is 0.457 e. The van der Waals surface area contributed by atoms with E-state index in [0.29, 0.717) is 0 Å². The van der Waals surface area contributed by atoms with Crippen molar-refractivity contribution in [1.82, 2.24) is 0 Å². The lowest BCUT2D eigenvalue weighted by Crippen LogP contribution is -2.24. The van der Waals surface area contributed by atoms with E-state index < -0.39 is 0 Å². The second kappa shape index (κ2) is 6.11. The lowest BCUT2D eigenvalue weighted by molar-refractivity contribution is 0.418. The van der Waals surface area contributed by atoms with E-state index >= 15 is 0 Å². The summed E-state index contributed by atoms with van der Waals surface area (Å²) in [4.78, 5) is 0. The van der Waals surface area contributed by atoms with Crippen LogP contribution in [0, 0.1) is 0 Å². The maximum absolute atomic E-state index is 6.41. The smallest absolute Gasteiger partial charge is 0.132 e. The molecule has 4 aromatic carbocycles. The summed E-state index contributed by atoms with van der Waals surface area (Å²) in [6.07, 6.45) is 0. The van der Waals surface area contributed by atoms with Crippen LogP contribution in [0.25, 0.3) is 22.3 Å². The van der Waals surface area contributed by atoms with E-state index in [1.807, 2.05) is 6.07 Å². The summed E-state index contributed by atoms with van der Waals surface area (Å²) in [6.45, 7) is 9.25. The lowest BCUT2D eigenvalue weighted by Gasteiger charge is -2.34. The SMILES string of the molecule is CC1(C)c2ccccc2Oc2cc(-c3cccc4c3C(C)(C)c3ccccc3-4)ccc21. The van der Waals surface area contributed by atoms with E-state index in [4.69, 9.17) is 4.74 Å². The Morgan fingerprint density at radius 1 is 0.516 bits per heavy atom. The topological polar surface area (TPSA) is 9.23 Å². The van der Waals surface area contributed by atoms with Gasteiger partial charge in [-0.15, -0.1) is 0 Å². The zero-order chi connectivity index (χ0) is 21.4. The standard InChI is InChI=1S/C30H26O/c1-29(2)24-14-7-8-15-26(24)31-27-18-19(16-17-25(27)29)20-11-9-12-22-21-10-5-6-13-23(21)30(3,4)28(20)22/h5-18H,1-4H3. The lowest BCUT2D eigenvalue weighted by atomic mass is 9.74. The van der Waals surface area contributed by atoms with Gasteiger partial charge in [0.1, 0.15) is 11.5 Å². The molecule has 0 radical (unpaired) electrons. The van der Waals surface area contributed by atoms with E-state index in [1.165, 1.54) is 44.5 Å². The molecule has 0 fully saturated rings. The fourth-order valence-corrected chi connectivity index (χ4v) is 5.71. The van der Waals surface area contributed by atoms with Gasteiger partial charge in [-0.2, -0.15) is 0 Å². The second-order valence-electron chi connectivity index (χ2n) is 9.83. The number of fused-ring (bicyclic) bond motifs is 5. The quantitative estimate of drug-likeness (QED) is 0.312. The fourth-order valence-electron chi connectivity index (χ4n) is 5.71. The summed E-state index contributed by atoms with van der Waals surface area (Å²) in [5, 5.41) is 0. The van der Waals surface area contributed by atoms with Crippen LogP contribution in [0.1, 0.15) is 49.9 Å². The molecule has 0 saturated heterocycles. The van der Waals surface area contributed by atoms with Crippen LogP contribution in [0.4, 0.5) is 0 Å². The van der Waals surface area contributed by atoms with E-state index in [0.717, 1.165) is 11.5 Å². The number of benzene rings is 4. The Kier molecular flexibility index (Phi) is 3.63. The molecule has 6 rings (SSSR count). The zero-order valence-corrected chi connectivity index (χ0v) is 18.5. The molecule has 31 heavy (non-hydrogen) atoms. The molecule has 2 aliphatic rings. The molecule has 0 N–H and O–H groups in total. The third kappa shape index (κ3) is 2.44. The number of hydrogen-bond donors (Lipinski definition) is 0. The van der Waals surface area contributed by atoms with Crippen molar-refractivity contribution in [1.29, 1.82) is 0 Å². The average Bonchev–Trinajstić information content (AvgIpc) is 3.01. The molecule has 0 amide bonds. The number of para-hydroxylation sites is 1. The minimum absolute atomic E-state index is 0.0366. The van der Waals surface area contributed by atoms with Gasteiger partial charge in [-0.05, 0) is 45.5 Å². The average molecular weight is 403 g/mol. The van der Waals surface area contributed by atoms with Crippen molar-refractivity contribution < 1.29 is 4.74 Å². The maximum atomic E-state index is 6.41. The number of rotatable bonds is 1. The van der Waals surface area contributed by atoms with Crippen LogP contribution in [-0.2, 0) is 10.8 Å². The molecule has 1 aliphatic carbocycles. The fraction of sp³-hybridized carbons (Fsp3) is 0.200. The molecule has 0 unspecified atom stereocenters. The van der Waals surface area contributed by atoms with Crippen LogP contribution >= 0.6 is 0 Å². The summed E-state index contributed by atoms with van der Waals surface area (Å²) in [5.41, 5.74) is 10.4. The third-order valence-electron chi connectivity index (χ3n) is 7.33. The molecule has 4 aromatic rings. The van der Waals surface area contributed by atoms with Crippen LogP contribution in [0.15, 0.2) is 84.9 Å². The first kappa shape index (κ1) is 18.4. The Labute approximate surface area is 184 Å². The second-order valence-corrected chi connectivity index (χ2v) is 9.83. The van der Waals surface area contributed by atoms with Crippen molar-refractivity contribution in [2.75, 3.05) is 0 Å². The molecule has 1 heterocycles. The highest BCUT2D eigenvalue weighted by Crippen LogP contribution is 2.53. The third-order valence-corrected chi connectivity index (χ3v) is 7.33. The van der Waals surface area contributed by atoms with Gasteiger partial charge >= 0.3 is 0 Å². The van der Waals surface area contributed by atoms with Crippen LogP contribution in [0.2, 0.25) is 0 Å². The number of ether oxygens (including phenoxy) is 1. The molecule has 152 valence electrons. The van der Waals surface area contributed by atoms with Crippen molar-refractivity contribution in [3.63, 3.8) is 0 Å². The number of hydrogen-bond acceptors (Lipinski definition) is 1. The molecular formula is C30H26O. The van der Waals surface area contributed by atoms with Gasteiger partial charge in [0.05, 0.1) is 0 Å². The van der Waals surface area contributed by atoms with Gasteiger partial charge in [-0.1, -0.05) is 100 Å². The van der Waals surface area contributed by atoms with Crippen LogP contribution in [0.3, 0.4) is 0 Å². The Hall–Kier alpha value is -3.32. The molecule has 1 aliphatic heterocycles. The van der Waals surface area contributed by atoms with Gasteiger partial charge < -0.3 is 4.74 Å². The first-order chi connectivity index (χ1) is 14.9. The van der Waals surface area contributed by atoms with Crippen molar-refractivity contribution >= 4 is 0 Å². The first-order valence-electron chi connectivity index (χ1n) is 11.0. The van der Waals surface area contributed by atoms with Gasteiger partial charge in [0.15, 0.2) is 0 Å². The van der Waals surface area contributed by atoms with E-state index in [1.54, 1.807) is 0 Å². The molecule has 0 saturated carbocycles. The maximum Gasteiger partial charge on any atom is 0.132 e. The van der Waals surface area contributed by atoms with Crippen molar-refractivity contribution in [2.24, 2.45) is 0 Å². The predicted octanol–water partition coefficient (Wildman–Crippen LogP) is 8.09. The molecule has 0 spiro atoms. The van der Waals surface area contributed by atoms with Crippen LogP contribution < -0.4 is 4.74 Å². The first-order valence-corrected chi connectivity index (χ1v) is 11.0. The Morgan fingerprint density at radius 3 is 2.00 bits per heavy atom. The molecule has 1 heteroatoms. The van der Waals surface area contributed by atoms with E-state index in [-0.39, 0.29) is 10.8 Å². The molecular weight excluding hydrogens is 376 g/mol. The highest BCUT2D eigenvalue weighted by molar-refractivity contribution is 5.88. The summed E-state index contributed by atoms with van der Waals surface area (Å²) >= 11 is 0. The Bertz CT molecular complexity index is 1360. The zero-order valence-electron chi connectivity index (χ0n) is 18.5. The van der Waals surface area contributed by atoms with E-state index in [2.05, 4.69) is 107 Å². The molecule has 1 nitrogen and oxygen atoms in total. The summed E-state index contributed by atoms with van der Waals surface area (Å²) in [5.74, 6) is 1.93. The van der Waals surface area contributed by atoms with Gasteiger partial charge in [-0.25, -0.2) is 0 Å². The van der Waals surface area contributed by atoms with Crippen molar-refractivity contribution in [3.8, 4) is 33.8 Å². The minimum atomic E-state index is -0.0865. The van der Waals surface area contributed by atoms with Gasteiger partial charge in [-0.3, -0.25) is 0 Å².